The van der Waals surface area contributed by atoms with E-state index in [4.69, 9.17) is 0 Å². The maximum absolute atomic E-state index is 4.35. The highest BCUT2D eigenvalue weighted by Crippen LogP contribution is 2.23. The van der Waals surface area contributed by atoms with E-state index < -0.39 is 0 Å². The van der Waals surface area contributed by atoms with E-state index in [-0.39, 0.29) is 0 Å². The molecule has 0 radical (unpaired) electrons. The fourth-order valence-corrected chi connectivity index (χ4v) is 1.44. The van der Waals surface area contributed by atoms with Gasteiger partial charge in [-0.1, -0.05) is 0 Å². The quantitative estimate of drug-likeness (QED) is 0.805. The normalized spacial score (nSPS) is 14.6. The average molecular weight is 231 g/mol. The van der Waals surface area contributed by atoms with Gasteiger partial charge in [0.15, 0.2) is 0 Å². The van der Waals surface area contributed by atoms with Crippen LogP contribution in [0.15, 0.2) is 18.7 Å². The van der Waals surface area contributed by atoms with E-state index in [9.17, 15) is 0 Å². The van der Waals surface area contributed by atoms with Gasteiger partial charge in [0, 0.05) is 25.5 Å². The summed E-state index contributed by atoms with van der Waals surface area (Å²) in [7, 11) is 1.79. The van der Waals surface area contributed by atoms with Crippen LogP contribution in [-0.2, 0) is 0 Å². The predicted octanol–water partition coefficient (Wildman–Crippen LogP) is 0.673. The zero-order valence-electron chi connectivity index (χ0n) is 9.46. The van der Waals surface area contributed by atoms with Crippen LogP contribution in [0.5, 0.6) is 0 Å². The number of imidazole rings is 1. The van der Waals surface area contributed by atoms with Gasteiger partial charge in [0.25, 0.3) is 0 Å². The van der Waals surface area contributed by atoms with Gasteiger partial charge in [-0.3, -0.25) is 4.57 Å². The molecule has 0 spiro atoms. The van der Waals surface area contributed by atoms with Crippen molar-refractivity contribution in [3.8, 4) is 5.95 Å². The maximum Gasteiger partial charge on any atom is 0.241 e. The lowest BCUT2D eigenvalue weighted by Crippen LogP contribution is -2.11. The summed E-state index contributed by atoms with van der Waals surface area (Å²) in [5, 5.41) is 6.18. The Balaban J connectivity index is 1.96. The molecule has 0 bridgehead atoms. The van der Waals surface area contributed by atoms with Crippen molar-refractivity contribution >= 4 is 11.9 Å². The smallest absolute Gasteiger partial charge is 0.241 e. The maximum atomic E-state index is 4.35. The van der Waals surface area contributed by atoms with Crippen molar-refractivity contribution in [3.63, 3.8) is 0 Å². The van der Waals surface area contributed by atoms with Crippen molar-refractivity contribution in [1.82, 2.24) is 24.5 Å². The summed E-state index contributed by atoms with van der Waals surface area (Å²) in [6.45, 7) is 0. The third kappa shape index (κ3) is 2.17. The number of hydrogen-bond donors (Lipinski definition) is 2. The Morgan fingerprint density at radius 3 is 2.71 bits per heavy atom. The summed E-state index contributed by atoms with van der Waals surface area (Å²) in [6, 6.07) is 0.512. The van der Waals surface area contributed by atoms with E-state index in [0.29, 0.717) is 23.9 Å². The number of hydrogen-bond acceptors (Lipinski definition) is 6. The van der Waals surface area contributed by atoms with Crippen LogP contribution in [0.25, 0.3) is 5.95 Å². The summed E-state index contributed by atoms with van der Waals surface area (Å²) >= 11 is 0. The highest BCUT2D eigenvalue weighted by Gasteiger charge is 2.22. The predicted molar refractivity (Wildman–Crippen MR) is 63.1 cm³/mol. The Labute approximate surface area is 98.3 Å². The van der Waals surface area contributed by atoms with Crippen LogP contribution >= 0.6 is 0 Å². The van der Waals surface area contributed by atoms with E-state index >= 15 is 0 Å². The van der Waals surface area contributed by atoms with Gasteiger partial charge in [-0.25, -0.2) is 4.98 Å². The zero-order valence-corrected chi connectivity index (χ0v) is 9.46. The van der Waals surface area contributed by atoms with Gasteiger partial charge >= 0.3 is 0 Å². The first kappa shape index (κ1) is 10.0. The number of aromatic nitrogens is 5. The van der Waals surface area contributed by atoms with Crippen LogP contribution in [0.4, 0.5) is 11.9 Å². The molecule has 0 aliphatic heterocycles. The summed E-state index contributed by atoms with van der Waals surface area (Å²) in [4.78, 5) is 16.9. The van der Waals surface area contributed by atoms with E-state index in [0.717, 1.165) is 0 Å². The number of anilines is 2. The van der Waals surface area contributed by atoms with Crippen LogP contribution in [0.2, 0.25) is 0 Å². The minimum atomic E-state index is 0.512. The lowest BCUT2D eigenvalue weighted by molar-refractivity contribution is 0.891. The summed E-state index contributed by atoms with van der Waals surface area (Å²) in [6.07, 6.45) is 7.52. The largest absolute Gasteiger partial charge is 0.357 e. The molecule has 0 atom stereocenters. The molecule has 1 aliphatic carbocycles. The molecule has 0 amide bonds. The fourth-order valence-electron chi connectivity index (χ4n) is 1.44. The average Bonchev–Trinajstić information content (AvgIpc) is 2.99. The third-order valence-electron chi connectivity index (χ3n) is 2.49. The van der Waals surface area contributed by atoms with Gasteiger partial charge in [-0.2, -0.15) is 15.0 Å². The van der Waals surface area contributed by atoms with Crippen LogP contribution in [0, 0.1) is 0 Å². The molecular weight excluding hydrogens is 218 g/mol. The molecule has 1 saturated carbocycles. The lowest BCUT2D eigenvalue weighted by atomic mass is 10.7. The molecule has 17 heavy (non-hydrogen) atoms. The van der Waals surface area contributed by atoms with Crippen molar-refractivity contribution in [2.24, 2.45) is 0 Å². The van der Waals surface area contributed by atoms with Crippen LogP contribution < -0.4 is 10.6 Å². The van der Waals surface area contributed by atoms with Crippen molar-refractivity contribution < 1.29 is 0 Å². The molecule has 3 rings (SSSR count). The molecule has 0 aromatic carbocycles. The molecule has 88 valence electrons. The molecule has 1 fully saturated rings. The van der Waals surface area contributed by atoms with Crippen LogP contribution in [0.1, 0.15) is 12.8 Å². The van der Waals surface area contributed by atoms with E-state index in [1.54, 1.807) is 30.3 Å². The van der Waals surface area contributed by atoms with E-state index in [1.165, 1.54) is 12.8 Å². The van der Waals surface area contributed by atoms with Gasteiger partial charge in [0.2, 0.25) is 17.8 Å². The van der Waals surface area contributed by atoms with Crippen molar-refractivity contribution in [3.05, 3.63) is 18.7 Å². The van der Waals surface area contributed by atoms with Crippen LogP contribution in [0.3, 0.4) is 0 Å². The van der Waals surface area contributed by atoms with Crippen LogP contribution in [-0.4, -0.2) is 37.6 Å². The fraction of sp³-hybridized carbons (Fsp3) is 0.400. The topological polar surface area (TPSA) is 80.5 Å². The second-order valence-electron chi connectivity index (χ2n) is 3.92. The Morgan fingerprint density at radius 1 is 1.24 bits per heavy atom. The minimum Gasteiger partial charge on any atom is -0.357 e. The Morgan fingerprint density at radius 2 is 2.06 bits per heavy atom. The summed E-state index contributed by atoms with van der Waals surface area (Å²) in [5.74, 6) is 1.72. The molecule has 2 heterocycles. The third-order valence-corrected chi connectivity index (χ3v) is 2.49. The lowest BCUT2D eigenvalue weighted by Gasteiger charge is -2.07. The number of nitrogens with zero attached hydrogens (tertiary/aromatic N) is 5. The molecule has 2 N–H and O–H groups in total. The molecule has 2 aromatic rings. The highest BCUT2D eigenvalue weighted by atomic mass is 15.3. The molecule has 0 unspecified atom stereocenters. The first-order chi connectivity index (χ1) is 8.35. The second-order valence-corrected chi connectivity index (χ2v) is 3.92. The van der Waals surface area contributed by atoms with Gasteiger partial charge in [-0.05, 0) is 12.8 Å². The number of rotatable bonds is 4. The molecule has 7 nitrogen and oxygen atoms in total. The molecule has 0 saturated heterocycles. The zero-order chi connectivity index (χ0) is 11.7. The summed E-state index contributed by atoms with van der Waals surface area (Å²) < 4.78 is 1.75. The first-order valence-electron chi connectivity index (χ1n) is 5.54. The van der Waals surface area contributed by atoms with Crippen molar-refractivity contribution in [2.45, 2.75) is 18.9 Å². The second kappa shape index (κ2) is 4.00. The molecular formula is C10H13N7. The van der Waals surface area contributed by atoms with Crippen molar-refractivity contribution in [2.75, 3.05) is 17.7 Å². The minimum absolute atomic E-state index is 0.512. The van der Waals surface area contributed by atoms with Gasteiger partial charge < -0.3 is 10.6 Å². The van der Waals surface area contributed by atoms with Gasteiger partial charge in [0.05, 0.1) is 0 Å². The van der Waals surface area contributed by atoms with E-state index in [2.05, 4.69) is 30.6 Å². The van der Waals surface area contributed by atoms with Gasteiger partial charge in [-0.15, -0.1) is 0 Å². The van der Waals surface area contributed by atoms with E-state index in [1.807, 2.05) is 0 Å². The SMILES string of the molecule is CNc1nc(NC2CC2)nc(-n2ccnc2)n1. The molecule has 7 heteroatoms. The Kier molecular flexibility index (Phi) is 2.36. The standard InChI is InChI=1S/C10H13N7/c1-11-8-14-9(13-7-2-3-7)16-10(15-8)17-5-4-12-6-17/h4-7H,2-3H2,1H3,(H2,11,13,14,15,16). The Hall–Kier alpha value is -2.18. The molecule has 1 aliphatic rings. The Bertz CT molecular complexity index is 503. The number of nitrogens with one attached hydrogen (secondary N) is 2. The monoisotopic (exact) mass is 231 g/mol. The first-order valence-corrected chi connectivity index (χ1v) is 5.54. The van der Waals surface area contributed by atoms with Crippen molar-refractivity contribution in [1.29, 1.82) is 0 Å². The summed E-state index contributed by atoms with van der Waals surface area (Å²) in [5.41, 5.74) is 0. The van der Waals surface area contributed by atoms with Gasteiger partial charge in [0.1, 0.15) is 6.33 Å². The highest BCUT2D eigenvalue weighted by molar-refractivity contribution is 5.39. The molecule has 2 aromatic heterocycles.